The quantitative estimate of drug-likeness (QED) is 0.588. The molecule has 1 rings (SSSR count). The summed E-state index contributed by atoms with van der Waals surface area (Å²) in [7, 11) is 1.62. The molecule has 0 fully saturated rings. The van der Waals surface area contributed by atoms with Gasteiger partial charge in [0.2, 0.25) is 0 Å². The van der Waals surface area contributed by atoms with Crippen molar-refractivity contribution in [1.29, 1.82) is 0 Å². The van der Waals surface area contributed by atoms with Gasteiger partial charge in [-0.25, -0.2) is 0 Å². The van der Waals surface area contributed by atoms with Gasteiger partial charge in [-0.1, -0.05) is 6.07 Å². The molecule has 5 heteroatoms. The second-order valence-corrected chi connectivity index (χ2v) is 4.08. The van der Waals surface area contributed by atoms with Crippen LogP contribution in [0.4, 0.5) is 0 Å². The van der Waals surface area contributed by atoms with Gasteiger partial charge >= 0.3 is 0 Å². The zero-order chi connectivity index (χ0) is 12.0. The smallest absolute Gasteiger partial charge is 0.0884 e. The van der Waals surface area contributed by atoms with Crippen molar-refractivity contribution in [2.24, 2.45) is 5.29 Å². The van der Waals surface area contributed by atoms with Gasteiger partial charge in [-0.3, -0.25) is 9.99 Å². The molecule has 88 valence electrons. The lowest BCUT2D eigenvalue weighted by Crippen LogP contribution is -2.23. The first-order valence-electron chi connectivity index (χ1n) is 5.23. The van der Waals surface area contributed by atoms with Crippen LogP contribution in [-0.4, -0.2) is 28.7 Å². The van der Waals surface area contributed by atoms with Crippen LogP contribution in [0.25, 0.3) is 0 Å². The molecule has 0 amide bonds. The predicted molar refractivity (Wildman–Crippen MR) is 61.5 cm³/mol. The van der Waals surface area contributed by atoms with Crippen LogP contribution < -0.4 is 0 Å². The average molecular weight is 223 g/mol. The van der Waals surface area contributed by atoms with E-state index in [1.54, 1.807) is 32.4 Å². The molecule has 0 aromatic carbocycles. The maximum Gasteiger partial charge on any atom is 0.0884 e. The number of aromatic nitrogens is 1. The molecule has 1 heterocycles. The fourth-order valence-corrected chi connectivity index (χ4v) is 1.52. The molecule has 0 aliphatic heterocycles. The summed E-state index contributed by atoms with van der Waals surface area (Å²) in [6, 6.07) is 3.64. The maximum absolute atomic E-state index is 10.2. The van der Waals surface area contributed by atoms with Crippen molar-refractivity contribution in [1.82, 2.24) is 9.99 Å². The van der Waals surface area contributed by atoms with Gasteiger partial charge in [-0.2, -0.15) is 0 Å². The van der Waals surface area contributed by atoms with E-state index in [-0.39, 0.29) is 0 Å². The van der Waals surface area contributed by atoms with E-state index in [4.69, 9.17) is 0 Å². The molecule has 0 unspecified atom stereocenters. The molecular weight excluding hydrogens is 206 g/mol. The first kappa shape index (κ1) is 12.6. The highest BCUT2D eigenvalue weighted by Crippen LogP contribution is 2.24. The molecule has 16 heavy (non-hydrogen) atoms. The third kappa shape index (κ3) is 3.58. The number of nitrogens with zero attached hydrogens (tertiary/aromatic N) is 3. The zero-order valence-corrected chi connectivity index (χ0v) is 9.63. The first-order valence-corrected chi connectivity index (χ1v) is 5.23. The monoisotopic (exact) mass is 223 g/mol. The molecule has 0 radical (unpaired) electrons. The minimum Gasteiger partial charge on any atom is -0.385 e. The molecule has 5 nitrogen and oxygen atoms in total. The van der Waals surface area contributed by atoms with Crippen molar-refractivity contribution in [2.75, 3.05) is 13.6 Å². The Kier molecular flexibility index (Phi) is 4.37. The summed E-state index contributed by atoms with van der Waals surface area (Å²) in [5.41, 5.74) is -0.116. The molecule has 0 aliphatic rings. The molecule has 1 atom stereocenters. The Morgan fingerprint density at radius 1 is 1.62 bits per heavy atom. The Balaban J connectivity index is 2.49. The summed E-state index contributed by atoms with van der Waals surface area (Å²) in [6.07, 6.45) is 4.59. The largest absolute Gasteiger partial charge is 0.385 e. The molecule has 0 saturated heterocycles. The molecule has 0 aliphatic carbocycles. The summed E-state index contributed by atoms with van der Waals surface area (Å²) in [5.74, 6) is 0. The first-order chi connectivity index (χ1) is 7.56. The Morgan fingerprint density at radius 2 is 2.38 bits per heavy atom. The minimum absolute atomic E-state index is 0.542. The highest BCUT2D eigenvalue weighted by molar-refractivity contribution is 5.16. The topological polar surface area (TPSA) is 65.8 Å². The number of pyridine rings is 1. The number of rotatable bonds is 6. The van der Waals surface area contributed by atoms with Gasteiger partial charge in [0.05, 0.1) is 10.9 Å². The van der Waals surface area contributed by atoms with Gasteiger partial charge in [0, 0.05) is 31.5 Å². The van der Waals surface area contributed by atoms with Crippen molar-refractivity contribution in [3.05, 3.63) is 35.0 Å². The number of aliphatic hydroxyl groups is 1. The third-order valence-corrected chi connectivity index (χ3v) is 2.57. The van der Waals surface area contributed by atoms with Crippen LogP contribution in [-0.2, 0) is 5.60 Å². The summed E-state index contributed by atoms with van der Waals surface area (Å²) in [4.78, 5) is 14.1. The second kappa shape index (κ2) is 5.55. The fraction of sp³-hybridized carbons (Fsp3) is 0.545. The molecule has 1 aromatic heterocycles. The van der Waals surface area contributed by atoms with Gasteiger partial charge < -0.3 is 5.11 Å². The van der Waals surface area contributed by atoms with Gasteiger partial charge in [0.1, 0.15) is 0 Å². The van der Waals surface area contributed by atoms with Gasteiger partial charge in [-0.05, 0) is 25.8 Å². The van der Waals surface area contributed by atoms with Crippen LogP contribution in [0.2, 0.25) is 0 Å². The number of hydrogen-bond donors (Lipinski definition) is 1. The van der Waals surface area contributed by atoms with E-state index in [0.717, 1.165) is 5.56 Å². The van der Waals surface area contributed by atoms with Crippen molar-refractivity contribution in [3.8, 4) is 0 Å². The van der Waals surface area contributed by atoms with E-state index < -0.39 is 5.60 Å². The van der Waals surface area contributed by atoms with Crippen molar-refractivity contribution >= 4 is 0 Å². The van der Waals surface area contributed by atoms with Crippen LogP contribution in [0.15, 0.2) is 29.8 Å². The normalized spacial score (nSPS) is 14.2. The zero-order valence-electron chi connectivity index (χ0n) is 9.63. The second-order valence-electron chi connectivity index (χ2n) is 4.08. The summed E-state index contributed by atoms with van der Waals surface area (Å²) >= 11 is 0. The van der Waals surface area contributed by atoms with E-state index in [9.17, 15) is 10.0 Å². The fourth-order valence-electron chi connectivity index (χ4n) is 1.52. The Bertz CT molecular complexity index is 327. The molecule has 0 bridgehead atoms. The Hall–Kier alpha value is -1.49. The lowest BCUT2D eigenvalue weighted by molar-refractivity contribution is 0.0428. The van der Waals surface area contributed by atoms with Crippen LogP contribution in [0.1, 0.15) is 25.3 Å². The van der Waals surface area contributed by atoms with E-state index in [1.165, 1.54) is 5.01 Å². The minimum atomic E-state index is -0.905. The van der Waals surface area contributed by atoms with E-state index in [0.29, 0.717) is 19.4 Å². The van der Waals surface area contributed by atoms with Crippen LogP contribution in [0, 0.1) is 4.91 Å². The van der Waals surface area contributed by atoms with Crippen molar-refractivity contribution in [2.45, 2.75) is 25.4 Å². The maximum atomic E-state index is 10.2. The number of nitroso groups, excluding NO2 is 1. The van der Waals surface area contributed by atoms with Crippen LogP contribution in [0.5, 0.6) is 0 Å². The summed E-state index contributed by atoms with van der Waals surface area (Å²) in [5, 5.41) is 14.3. The molecule has 1 N–H and O–H groups in total. The SMILES string of the molecule is CN(CCC[C@](C)(O)c1cccnc1)N=O. The van der Waals surface area contributed by atoms with E-state index >= 15 is 0 Å². The molecule has 0 saturated carbocycles. The summed E-state index contributed by atoms with van der Waals surface area (Å²) < 4.78 is 0. The average Bonchev–Trinajstić information content (AvgIpc) is 2.30. The Morgan fingerprint density at radius 3 is 2.94 bits per heavy atom. The lowest BCUT2D eigenvalue weighted by atomic mass is 9.92. The highest BCUT2D eigenvalue weighted by Gasteiger charge is 2.22. The van der Waals surface area contributed by atoms with E-state index in [1.807, 2.05) is 6.07 Å². The molecule has 0 spiro atoms. The van der Waals surface area contributed by atoms with Crippen LogP contribution >= 0.6 is 0 Å². The molecule has 1 aromatic rings. The highest BCUT2D eigenvalue weighted by atomic mass is 16.3. The molecular formula is C11H17N3O2. The van der Waals surface area contributed by atoms with Crippen molar-refractivity contribution < 1.29 is 5.11 Å². The third-order valence-electron chi connectivity index (χ3n) is 2.57. The van der Waals surface area contributed by atoms with E-state index in [2.05, 4.69) is 10.3 Å². The van der Waals surface area contributed by atoms with Gasteiger partial charge in [-0.15, -0.1) is 4.91 Å². The van der Waals surface area contributed by atoms with Crippen molar-refractivity contribution in [3.63, 3.8) is 0 Å². The summed E-state index contributed by atoms with van der Waals surface area (Å²) in [6.45, 7) is 2.29. The Labute approximate surface area is 95.1 Å². The van der Waals surface area contributed by atoms with Gasteiger partial charge in [0.25, 0.3) is 0 Å². The standard InChI is InChI=1S/C11H17N3O2/c1-11(15,6-4-8-14(2)13-16)10-5-3-7-12-9-10/h3,5,7,9,15H,4,6,8H2,1-2H3/t11-/m0/s1. The number of hydrogen-bond acceptors (Lipinski definition) is 4. The lowest BCUT2D eigenvalue weighted by Gasteiger charge is -2.23. The van der Waals surface area contributed by atoms with Gasteiger partial charge in [0.15, 0.2) is 0 Å². The predicted octanol–water partition coefficient (Wildman–Crippen LogP) is 1.68. The van der Waals surface area contributed by atoms with Crippen LogP contribution in [0.3, 0.4) is 0 Å².